The second-order valence-electron chi connectivity index (χ2n) is 1.82. The Morgan fingerprint density at radius 1 is 1.50 bits per heavy atom. The van der Waals surface area contributed by atoms with Gasteiger partial charge in [-0.1, -0.05) is 0 Å². The van der Waals surface area contributed by atoms with E-state index >= 15 is 0 Å². The van der Waals surface area contributed by atoms with Crippen molar-refractivity contribution < 1.29 is 0 Å². The highest BCUT2D eigenvalue weighted by molar-refractivity contribution is 9.10. The average Bonchev–Trinajstić information content (AvgIpc) is 1.95. The van der Waals surface area contributed by atoms with Crippen LogP contribution in [0.2, 0.25) is 0 Å². The van der Waals surface area contributed by atoms with Crippen LogP contribution in [-0.2, 0) is 0 Å². The number of rotatable bonds is 1. The maximum Gasteiger partial charge on any atom is 0.0309 e. The molecule has 0 N–H and O–H groups in total. The van der Waals surface area contributed by atoms with E-state index in [1.54, 1.807) is 11.8 Å². The third kappa shape index (κ3) is 1.94. The molecule has 0 unspecified atom stereocenters. The third-order valence-electron chi connectivity index (χ3n) is 1.15. The quantitative estimate of drug-likeness (QED) is 0.574. The van der Waals surface area contributed by atoms with Gasteiger partial charge in [-0.25, -0.2) is 0 Å². The zero-order valence-corrected chi connectivity index (χ0v) is 8.76. The molecule has 1 rings (SSSR count). The van der Waals surface area contributed by atoms with E-state index in [-0.39, 0.29) is 0 Å². The first-order valence-corrected chi connectivity index (χ1v) is 5.23. The minimum Gasteiger partial charge on any atom is -0.142 e. The zero-order chi connectivity index (χ0) is 7.56. The Labute approximate surface area is 78.9 Å². The van der Waals surface area contributed by atoms with Gasteiger partial charge in [0.1, 0.15) is 0 Å². The Morgan fingerprint density at radius 2 is 2.20 bits per heavy atom. The van der Waals surface area contributed by atoms with Crippen molar-refractivity contribution in [2.24, 2.45) is 0 Å². The van der Waals surface area contributed by atoms with Gasteiger partial charge in [0, 0.05) is 14.3 Å². The maximum atomic E-state index is 4.26. The lowest BCUT2D eigenvalue weighted by molar-refractivity contribution is 1.31. The molecule has 0 heterocycles. The summed E-state index contributed by atoms with van der Waals surface area (Å²) in [5, 5.41) is 0. The first-order chi connectivity index (χ1) is 4.74. The molecule has 3 heteroatoms. The molecule has 0 aliphatic carbocycles. The predicted octanol–water partition coefficient (Wildman–Crippen LogP) is 3.46. The van der Waals surface area contributed by atoms with Crippen LogP contribution in [0.4, 0.5) is 0 Å². The smallest absolute Gasteiger partial charge is 0.0309 e. The monoisotopic (exact) mass is 234 g/mol. The SMILES string of the molecule is CSc1ccc(Br)c(S)c1. The van der Waals surface area contributed by atoms with E-state index in [1.807, 2.05) is 12.1 Å². The highest BCUT2D eigenvalue weighted by Crippen LogP contribution is 2.25. The van der Waals surface area contributed by atoms with Crippen LogP contribution in [0.15, 0.2) is 32.5 Å². The molecule has 0 saturated carbocycles. The van der Waals surface area contributed by atoms with Crippen molar-refractivity contribution in [2.75, 3.05) is 6.26 Å². The van der Waals surface area contributed by atoms with E-state index in [1.165, 1.54) is 4.90 Å². The summed E-state index contributed by atoms with van der Waals surface area (Å²) in [5.74, 6) is 0. The molecule has 0 radical (unpaired) electrons. The molecule has 0 aliphatic heterocycles. The molecule has 0 bridgehead atoms. The lowest BCUT2D eigenvalue weighted by Crippen LogP contribution is -1.71. The topological polar surface area (TPSA) is 0 Å². The van der Waals surface area contributed by atoms with Gasteiger partial charge in [-0.2, -0.15) is 0 Å². The van der Waals surface area contributed by atoms with Crippen LogP contribution in [0.3, 0.4) is 0 Å². The summed E-state index contributed by atoms with van der Waals surface area (Å²) in [4.78, 5) is 2.24. The minimum absolute atomic E-state index is 0.992. The van der Waals surface area contributed by atoms with Crippen molar-refractivity contribution in [2.45, 2.75) is 9.79 Å². The molecule has 0 spiro atoms. The van der Waals surface area contributed by atoms with Crippen molar-refractivity contribution in [1.29, 1.82) is 0 Å². The van der Waals surface area contributed by atoms with Crippen molar-refractivity contribution in [1.82, 2.24) is 0 Å². The molecule has 0 atom stereocenters. The molecule has 0 amide bonds. The molecule has 0 fully saturated rings. The van der Waals surface area contributed by atoms with E-state index in [9.17, 15) is 0 Å². The molecule has 0 nitrogen and oxygen atoms in total. The van der Waals surface area contributed by atoms with Crippen LogP contribution in [-0.4, -0.2) is 6.26 Å². The van der Waals surface area contributed by atoms with Gasteiger partial charge in [0.2, 0.25) is 0 Å². The molecule has 0 aromatic heterocycles. The van der Waals surface area contributed by atoms with Crippen LogP contribution in [0.25, 0.3) is 0 Å². The summed E-state index contributed by atoms with van der Waals surface area (Å²) in [5.41, 5.74) is 0. The van der Waals surface area contributed by atoms with Crippen molar-refractivity contribution >= 4 is 40.3 Å². The van der Waals surface area contributed by atoms with Gasteiger partial charge in [0.05, 0.1) is 0 Å². The molecule has 1 aromatic rings. The number of benzene rings is 1. The van der Waals surface area contributed by atoms with Crippen LogP contribution in [0.1, 0.15) is 0 Å². The minimum atomic E-state index is 0.992. The largest absolute Gasteiger partial charge is 0.142 e. The fourth-order valence-electron chi connectivity index (χ4n) is 0.619. The number of hydrogen-bond donors (Lipinski definition) is 1. The van der Waals surface area contributed by atoms with Crippen LogP contribution >= 0.6 is 40.3 Å². The van der Waals surface area contributed by atoms with Crippen molar-refractivity contribution in [3.05, 3.63) is 22.7 Å². The fraction of sp³-hybridized carbons (Fsp3) is 0.143. The van der Waals surface area contributed by atoms with Gasteiger partial charge in [-0.15, -0.1) is 24.4 Å². The Bertz CT molecular complexity index is 235. The van der Waals surface area contributed by atoms with Crippen molar-refractivity contribution in [3.8, 4) is 0 Å². The Morgan fingerprint density at radius 3 is 2.70 bits per heavy atom. The maximum absolute atomic E-state index is 4.26. The fourth-order valence-corrected chi connectivity index (χ4v) is 1.61. The van der Waals surface area contributed by atoms with E-state index in [4.69, 9.17) is 0 Å². The third-order valence-corrected chi connectivity index (χ3v) is 3.25. The molecular formula is C7H7BrS2. The first-order valence-electron chi connectivity index (χ1n) is 2.76. The second kappa shape index (κ2) is 3.69. The van der Waals surface area contributed by atoms with Gasteiger partial charge >= 0.3 is 0 Å². The molecule has 1 aromatic carbocycles. The molecular weight excluding hydrogens is 228 g/mol. The summed E-state index contributed by atoms with van der Waals surface area (Å²) in [6, 6.07) is 6.11. The van der Waals surface area contributed by atoms with Gasteiger partial charge in [0.25, 0.3) is 0 Å². The number of halogens is 1. The summed E-state index contributed by atoms with van der Waals surface area (Å²) < 4.78 is 1.05. The lowest BCUT2D eigenvalue weighted by Gasteiger charge is -1.98. The Kier molecular flexibility index (Phi) is 3.14. The number of thiol groups is 1. The van der Waals surface area contributed by atoms with E-state index in [2.05, 4.69) is 40.9 Å². The average molecular weight is 235 g/mol. The zero-order valence-electron chi connectivity index (χ0n) is 5.47. The lowest BCUT2D eigenvalue weighted by atomic mass is 10.4. The van der Waals surface area contributed by atoms with Gasteiger partial charge in [-0.05, 0) is 40.4 Å². The van der Waals surface area contributed by atoms with E-state index in [0.717, 1.165) is 9.37 Å². The summed E-state index contributed by atoms with van der Waals surface area (Å²) >= 11 is 9.36. The summed E-state index contributed by atoms with van der Waals surface area (Å²) in [6.07, 6.45) is 2.05. The molecule has 54 valence electrons. The van der Waals surface area contributed by atoms with Crippen LogP contribution < -0.4 is 0 Å². The van der Waals surface area contributed by atoms with Gasteiger partial charge in [0.15, 0.2) is 0 Å². The van der Waals surface area contributed by atoms with Gasteiger partial charge in [-0.3, -0.25) is 0 Å². The van der Waals surface area contributed by atoms with Crippen LogP contribution in [0, 0.1) is 0 Å². The van der Waals surface area contributed by atoms with E-state index in [0.29, 0.717) is 0 Å². The molecule has 0 aliphatic rings. The van der Waals surface area contributed by atoms with Crippen molar-refractivity contribution in [3.63, 3.8) is 0 Å². The standard InChI is InChI=1S/C7H7BrS2/c1-10-5-2-3-6(8)7(9)4-5/h2-4,9H,1H3. The predicted molar refractivity (Wildman–Crippen MR) is 53.2 cm³/mol. The number of thioether (sulfide) groups is 1. The summed E-state index contributed by atoms with van der Waals surface area (Å²) in [7, 11) is 0. The highest BCUT2D eigenvalue weighted by Gasteiger charge is 1.94. The number of hydrogen-bond acceptors (Lipinski definition) is 2. The first kappa shape index (κ1) is 8.50. The molecule has 10 heavy (non-hydrogen) atoms. The Balaban J connectivity index is 3.04. The van der Waals surface area contributed by atoms with Gasteiger partial charge < -0.3 is 0 Å². The van der Waals surface area contributed by atoms with E-state index < -0.39 is 0 Å². The second-order valence-corrected chi connectivity index (χ2v) is 4.03. The Hall–Kier alpha value is 0.400. The molecule has 0 saturated heterocycles. The normalized spacial score (nSPS) is 9.90. The highest BCUT2D eigenvalue weighted by atomic mass is 79.9. The summed E-state index contributed by atoms with van der Waals surface area (Å²) in [6.45, 7) is 0. The van der Waals surface area contributed by atoms with Crippen LogP contribution in [0.5, 0.6) is 0 Å².